The number of nitrogen functional groups attached to an aromatic ring is 1. The Bertz CT molecular complexity index is 943. The lowest BCUT2D eigenvalue weighted by atomic mass is 10.1. The van der Waals surface area contributed by atoms with Gasteiger partial charge in [-0.3, -0.25) is 9.78 Å². The molecular weight excluding hydrogens is 359 g/mol. The van der Waals surface area contributed by atoms with Crippen molar-refractivity contribution in [3.63, 3.8) is 0 Å². The number of nitrogens with one attached hydrogen (secondary N) is 1. The molecule has 3 rings (SSSR count). The van der Waals surface area contributed by atoms with Crippen LogP contribution >= 0.6 is 0 Å². The Morgan fingerprint density at radius 3 is 2.37 bits per heavy atom. The summed E-state index contributed by atoms with van der Waals surface area (Å²) in [6, 6.07) is 16.2. The van der Waals surface area contributed by atoms with E-state index in [9.17, 15) is 18.0 Å². The van der Waals surface area contributed by atoms with Crippen LogP contribution in [0.2, 0.25) is 0 Å². The molecule has 3 aromatic rings. The number of halogens is 3. The van der Waals surface area contributed by atoms with E-state index < -0.39 is 18.0 Å². The minimum atomic E-state index is -4.86. The van der Waals surface area contributed by atoms with Gasteiger partial charge in [0.15, 0.2) is 5.75 Å². The fourth-order valence-corrected chi connectivity index (χ4v) is 2.36. The van der Waals surface area contributed by atoms with E-state index in [4.69, 9.17) is 5.73 Å². The van der Waals surface area contributed by atoms with E-state index in [1.807, 2.05) is 30.3 Å². The first-order valence-corrected chi connectivity index (χ1v) is 7.80. The highest BCUT2D eigenvalue weighted by molar-refractivity contribution is 6.05. The van der Waals surface area contributed by atoms with E-state index in [0.717, 1.165) is 23.4 Å². The summed E-state index contributed by atoms with van der Waals surface area (Å²) < 4.78 is 40.6. The third-order valence-corrected chi connectivity index (χ3v) is 3.59. The largest absolute Gasteiger partial charge is 0.573 e. The van der Waals surface area contributed by atoms with E-state index in [1.54, 1.807) is 12.1 Å². The molecule has 3 N–H and O–H groups in total. The van der Waals surface area contributed by atoms with Crippen molar-refractivity contribution in [2.75, 3.05) is 11.1 Å². The van der Waals surface area contributed by atoms with Crippen LogP contribution in [0.3, 0.4) is 0 Å². The number of alkyl halides is 3. The average molecular weight is 373 g/mol. The number of rotatable bonds is 4. The molecule has 0 fully saturated rings. The third kappa shape index (κ3) is 4.75. The molecule has 1 amide bonds. The van der Waals surface area contributed by atoms with Crippen LogP contribution < -0.4 is 15.8 Å². The first-order chi connectivity index (χ1) is 12.8. The molecule has 0 radical (unpaired) electrons. The van der Waals surface area contributed by atoms with Gasteiger partial charge in [0.25, 0.3) is 5.91 Å². The first-order valence-electron chi connectivity index (χ1n) is 7.80. The molecule has 0 aliphatic carbocycles. The van der Waals surface area contributed by atoms with Gasteiger partial charge in [0, 0.05) is 11.1 Å². The number of benzene rings is 2. The van der Waals surface area contributed by atoms with Crippen LogP contribution in [0.25, 0.3) is 11.3 Å². The molecule has 1 aromatic heterocycles. The molecule has 0 saturated carbocycles. The third-order valence-electron chi connectivity index (χ3n) is 3.59. The van der Waals surface area contributed by atoms with E-state index in [-0.39, 0.29) is 11.3 Å². The fourth-order valence-electron chi connectivity index (χ4n) is 2.36. The van der Waals surface area contributed by atoms with Crippen LogP contribution in [0.1, 0.15) is 10.4 Å². The number of nitrogens with zero attached hydrogens (tertiary/aromatic N) is 1. The molecule has 8 heteroatoms. The molecule has 0 aliphatic rings. The van der Waals surface area contributed by atoms with Crippen LogP contribution in [0.4, 0.5) is 24.5 Å². The Kier molecular flexibility index (Phi) is 4.98. The average Bonchev–Trinajstić information content (AvgIpc) is 2.63. The quantitative estimate of drug-likeness (QED) is 0.661. The van der Waals surface area contributed by atoms with Gasteiger partial charge in [-0.2, -0.15) is 0 Å². The standard InChI is InChI=1S/C19H14F3N3O2/c20-19(21,22)27-17-9-6-13(10-15(17)23)18(26)25-14-7-8-16(24-11-14)12-4-2-1-3-5-12/h1-11H,23H2,(H,25,26). The van der Waals surface area contributed by atoms with Gasteiger partial charge >= 0.3 is 6.36 Å². The lowest BCUT2D eigenvalue weighted by Gasteiger charge is -2.12. The van der Waals surface area contributed by atoms with Crippen molar-refractivity contribution in [2.24, 2.45) is 0 Å². The van der Waals surface area contributed by atoms with Crippen molar-refractivity contribution in [2.45, 2.75) is 6.36 Å². The van der Waals surface area contributed by atoms with Crippen LogP contribution in [0.15, 0.2) is 66.9 Å². The van der Waals surface area contributed by atoms with Crippen molar-refractivity contribution in [1.82, 2.24) is 4.98 Å². The van der Waals surface area contributed by atoms with E-state index >= 15 is 0 Å². The first kappa shape index (κ1) is 18.2. The number of amides is 1. The minimum absolute atomic E-state index is 0.0918. The molecule has 0 aliphatic heterocycles. The highest BCUT2D eigenvalue weighted by Crippen LogP contribution is 2.29. The van der Waals surface area contributed by atoms with Crippen molar-refractivity contribution in [3.8, 4) is 17.0 Å². The normalized spacial score (nSPS) is 11.1. The Balaban J connectivity index is 1.71. The topological polar surface area (TPSA) is 77.2 Å². The lowest BCUT2D eigenvalue weighted by molar-refractivity contribution is -0.274. The number of carbonyl (C=O) groups is 1. The SMILES string of the molecule is Nc1cc(C(=O)Nc2ccc(-c3ccccc3)nc2)ccc1OC(F)(F)F. The van der Waals surface area contributed by atoms with E-state index in [1.165, 1.54) is 12.3 Å². The monoisotopic (exact) mass is 373 g/mol. The number of ether oxygens (including phenoxy) is 1. The second kappa shape index (κ2) is 7.36. The second-order valence-electron chi connectivity index (χ2n) is 5.55. The van der Waals surface area contributed by atoms with Crippen LogP contribution in [0, 0.1) is 0 Å². The number of hydrogen-bond acceptors (Lipinski definition) is 4. The Morgan fingerprint density at radius 2 is 1.78 bits per heavy atom. The summed E-state index contributed by atoms with van der Waals surface area (Å²) in [5, 5.41) is 2.61. The smallest absolute Gasteiger partial charge is 0.404 e. The second-order valence-corrected chi connectivity index (χ2v) is 5.55. The van der Waals surface area contributed by atoms with Gasteiger partial charge in [-0.15, -0.1) is 13.2 Å². The van der Waals surface area contributed by atoms with Gasteiger partial charge < -0.3 is 15.8 Å². The number of carbonyl (C=O) groups excluding carboxylic acids is 1. The molecule has 0 atom stereocenters. The highest BCUT2D eigenvalue weighted by atomic mass is 19.4. The zero-order valence-electron chi connectivity index (χ0n) is 13.8. The summed E-state index contributed by atoms with van der Waals surface area (Å²) >= 11 is 0. The summed E-state index contributed by atoms with van der Waals surface area (Å²) in [6.45, 7) is 0. The van der Waals surface area contributed by atoms with E-state index in [2.05, 4.69) is 15.0 Å². The number of pyridine rings is 1. The fraction of sp³-hybridized carbons (Fsp3) is 0.0526. The van der Waals surface area contributed by atoms with Gasteiger partial charge in [0.1, 0.15) is 0 Å². The van der Waals surface area contributed by atoms with Crippen LogP contribution in [-0.2, 0) is 0 Å². The number of anilines is 2. The van der Waals surface area contributed by atoms with Crippen molar-refractivity contribution >= 4 is 17.3 Å². The molecule has 0 spiro atoms. The molecule has 27 heavy (non-hydrogen) atoms. The zero-order valence-corrected chi connectivity index (χ0v) is 13.8. The van der Waals surface area contributed by atoms with Crippen LogP contribution in [-0.4, -0.2) is 17.3 Å². The van der Waals surface area contributed by atoms with Gasteiger partial charge in [-0.25, -0.2) is 0 Å². The summed E-state index contributed by atoms with van der Waals surface area (Å²) in [6.07, 6.45) is -3.37. The summed E-state index contributed by atoms with van der Waals surface area (Å²) in [4.78, 5) is 16.5. The minimum Gasteiger partial charge on any atom is -0.404 e. The molecular formula is C19H14F3N3O2. The zero-order chi connectivity index (χ0) is 19.4. The molecule has 0 bridgehead atoms. The summed E-state index contributed by atoms with van der Waals surface area (Å²) in [5.41, 5.74) is 7.44. The Hall–Kier alpha value is -3.55. The molecule has 138 valence electrons. The predicted octanol–water partition coefficient (Wildman–Crippen LogP) is 4.48. The summed E-state index contributed by atoms with van der Waals surface area (Å²) in [7, 11) is 0. The number of aromatic nitrogens is 1. The maximum atomic E-state index is 12.3. The maximum Gasteiger partial charge on any atom is 0.573 e. The number of nitrogens with two attached hydrogens (primary N) is 1. The van der Waals surface area contributed by atoms with Crippen molar-refractivity contribution in [1.29, 1.82) is 0 Å². The van der Waals surface area contributed by atoms with Gasteiger partial charge in [-0.1, -0.05) is 30.3 Å². The molecule has 2 aromatic carbocycles. The highest BCUT2D eigenvalue weighted by Gasteiger charge is 2.32. The van der Waals surface area contributed by atoms with Crippen molar-refractivity contribution < 1.29 is 22.7 Å². The summed E-state index contributed by atoms with van der Waals surface area (Å²) in [5.74, 6) is -1.09. The Labute approximate surface area is 152 Å². The molecule has 0 unspecified atom stereocenters. The van der Waals surface area contributed by atoms with Crippen molar-refractivity contribution in [3.05, 3.63) is 72.4 Å². The van der Waals surface area contributed by atoms with E-state index in [0.29, 0.717) is 5.69 Å². The maximum absolute atomic E-state index is 12.3. The number of hydrogen-bond donors (Lipinski definition) is 2. The van der Waals surface area contributed by atoms with Gasteiger partial charge in [0.05, 0.1) is 23.3 Å². The lowest BCUT2D eigenvalue weighted by Crippen LogP contribution is -2.18. The predicted molar refractivity (Wildman–Crippen MR) is 95.2 cm³/mol. The molecule has 5 nitrogen and oxygen atoms in total. The van der Waals surface area contributed by atoms with Gasteiger partial charge in [-0.05, 0) is 30.3 Å². The molecule has 0 saturated heterocycles. The van der Waals surface area contributed by atoms with Crippen LogP contribution in [0.5, 0.6) is 5.75 Å². The Morgan fingerprint density at radius 1 is 1.04 bits per heavy atom. The molecule has 1 heterocycles. The van der Waals surface area contributed by atoms with Gasteiger partial charge in [0.2, 0.25) is 0 Å².